The predicted molar refractivity (Wildman–Crippen MR) is 61.1 cm³/mol. The Hall–Kier alpha value is -1.88. The van der Waals surface area contributed by atoms with Gasteiger partial charge in [0.2, 0.25) is 0 Å². The summed E-state index contributed by atoms with van der Waals surface area (Å²) in [6, 6.07) is 5.12. The molecule has 1 N–H and O–H groups in total. The van der Waals surface area contributed by atoms with Crippen molar-refractivity contribution in [2.75, 3.05) is 7.11 Å². The van der Waals surface area contributed by atoms with E-state index < -0.39 is 5.97 Å². The molecule has 2 aromatic heterocycles. The first-order valence-electron chi connectivity index (χ1n) is 4.53. The SMILES string of the molecule is COc1ccnc(-c2csc(C(=O)O)c2)c1. The van der Waals surface area contributed by atoms with E-state index in [0.717, 1.165) is 5.56 Å². The van der Waals surface area contributed by atoms with Gasteiger partial charge in [0.25, 0.3) is 0 Å². The Morgan fingerprint density at radius 3 is 2.94 bits per heavy atom. The summed E-state index contributed by atoms with van der Waals surface area (Å²) in [6.07, 6.45) is 1.63. The number of rotatable bonds is 3. The van der Waals surface area contributed by atoms with Crippen LogP contribution in [0.25, 0.3) is 11.3 Å². The summed E-state index contributed by atoms with van der Waals surface area (Å²) < 4.78 is 5.08. The van der Waals surface area contributed by atoms with Crippen molar-refractivity contribution in [2.24, 2.45) is 0 Å². The fourth-order valence-electron chi connectivity index (χ4n) is 1.28. The number of hydrogen-bond donors (Lipinski definition) is 1. The summed E-state index contributed by atoms with van der Waals surface area (Å²) >= 11 is 1.19. The van der Waals surface area contributed by atoms with Crippen molar-refractivity contribution in [3.05, 3.63) is 34.7 Å². The number of hydrogen-bond acceptors (Lipinski definition) is 4. The molecule has 0 saturated carbocycles. The molecule has 0 unspecified atom stereocenters. The van der Waals surface area contributed by atoms with Gasteiger partial charge in [-0.15, -0.1) is 11.3 Å². The lowest BCUT2D eigenvalue weighted by atomic mass is 10.2. The molecule has 0 aliphatic rings. The fraction of sp³-hybridized carbons (Fsp3) is 0.0909. The minimum atomic E-state index is -0.917. The number of aromatic nitrogens is 1. The molecule has 2 heterocycles. The zero-order valence-corrected chi connectivity index (χ0v) is 9.32. The molecule has 82 valence electrons. The number of ether oxygens (including phenoxy) is 1. The number of carbonyl (C=O) groups is 1. The average molecular weight is 235 g/mol. The molecular weight excluding hydrogens is 226 g/mol. The van der Waals surface area contributed by atoms with Crippen LogP contribution in [0.2, 0.25) is 0 Å². The van der Waals surface area contributed by atoms with Gasteiger partial charge >= 0.3 is 5.97 Å². The van der Waals surface area contributed by atoms with Crippen LogP contribution in [0.3, 0.4) is 0 Å². The lowest BCUT2D eigenvalue weighted by molar-refractivity contribution is 0.0702. The van der Waals surface area contributed by atoms with Crippen molar-refractivity contribution in [1.82, 2.24) is 4.98 Å². The van der Waals surface area contributed by atoms with E-state index in [1.165, 1.54) is 11.3 Å². The molecule has 5 heteroatoms. The lowest BCUT2D eigenvalue weighted by Gasteiger charge is -2.00. The molecule has 2 rings (SSSR count). The highest BCUT2D eigenvalue weighted by atomic mass is 32.1. The van der Waals surface area contributed by atoms with Crippen molar-refractivity contribution in [1.29, 1.82) is 0 Å². The van der Waals surface area contributed by atoms with Crippen LogP contribution in [0.5, 0.6) is 5.75 Å². The van der Waals surface area contributed by atoms with E-state index in [2.05, 4.69) is 4.98 Å². The van der Waals surface area contributed by atoms with Crippen LogP contribution in [0.15, 0.2) is 29.8 Å². The first kappa shape index (κ1) is 10.6. The second-order valence-electron chi connectivity index (χ2n) is 3.09. The summed E-state index contributed by atoms with van der Waals surface area (Å²) in [5.74, 6) is -0.216. The van der Waals surface area contributed by atoms with Crippen LogP contribution >= 0.6 is 11.3 Å². The summed E-state index contributed by atoms with van der Waals surface area (Å²) in [5.41, 5.74) is 1.50. The number of nitrogens with zero attached hydrogens (tertiary/aromatic N) is 1. The number of carboxylic acid groups (broad SMARTS) is 1. The van der Waals surface area contributed by atoms with Crippen molar-refractivity contribution in [3.63, 3.8) is 0 Å². The molecule has 0 amide bonds. The van der Waals surface area contributed by atoms with E-state index in [4.69, 9.17) is 9.84 Å². The maximum Gasteiger partial charge on any atom is 0.345 e. The Kier molecular flexibility index (Phi) is 2.87. The Balaban J connectivity index is 2.38. The Labute approximate surface area is 96.1 Å². The molecule has 0 fully saturated rings. The molecule has 2 aromatic rings. The van der Waals surface area contributed by atoms with E-state index in [1.807, 2.05) is 0 Å². The molecule has 0 aliphatic heterocycles. The Bertz CT molecular complexity index is 521. The van der Waals surface area contributed by atoms with E-state index >= 15 is 0 Å². The van der Waals surface area contributed by atoms with Gasteiger partial charge in [-0.3, -0.25) is 4.98 Å². The normalized spacial score (nSPS) is 10.1. The zero-order valence-electron chi connectivity index (χ0n) is 8.51. The topological polar surface area (TPSA) is 59.4 Å². The van der Waals surface area contributed by atoms with Crippen molar-refractivity contribution < 1.29 is 14.6 Å². The molecule has 0 bridgehead atoms. The predicted octanol–water partition coefficient (Wildman–Crippen LogP) is 2.52. The quantitative estimate of drug-likeness (QED) is 0.888. The van der Waals surface area contributed by atoms with Gasteiger partial charge in [0.05, 0.1) is 12.8 Å². The lowest BCUT2D eigenvalue weighted by Crippen LogP contribution is -1.90. The molecule has 16 heavy (non-hydrogen) atoms. The number of thiophene rings is 1. The van der Waals surface area contributed by atoms with Gasteiger partial charge < -0.3 is 9.84 Å². The highest BCUT2D eigenvalue weighted by Crippen LogP contribution is 2.26. The maximum absolute atomic E-state index is 10.7. The van der Waals surface area contributed by atoms with Gasteiger partial charge in [0.1, 0.15) is 10.6 Å². The smallest absolute Gasteiger partial charge is 0.345 e. The Morgan fingerprint density at radius 1 is 1.50 bits per heavy atom. The molecule has 4 nitrogen and oxygen atoms in total. The minimum absolute atomic E-state index is 0.305. The van der Waals surface area contributed by atoms with E-state index in [9.17, 15) is 4.79 Å². The Morgan fingerprint density at radius 2 is 2.31 bits per heavy atom. The molecule has 0 saturated heterocycles. The summed E-state index contributed by atoms with van der Waals surface area (Å²) in [6.45, 7) is 0. The number of pyridine rings is 1. The zero-order chi connectivity index (χ0) is 11.5. The van der Waals surface area contributed by atoms with Gasteiger partial charge in [0, 0.05) is 23.2 Å². The van der Waals surface area contributed by atoms with Crippen LogP contribution in [0.1, 0.15) is 9.67 Å². The van der Waals surface area contributed by atoms with Crippen LogP contribution in [-0.4, -0.2) is 23.2 Å². The third-order valence-electron chi connectivity index (χ3n) is 2.07. The van der Waals surface area contributed by atoms with E-state index in [-0.39, 0.29) is 0 Å². The third kappa shape index (κ3) is 2.04. The van der Waals surface area contributed by atoms with E-state index in [0.29, 0.717) is 16.3 Å². The van der Waals surface area contributed by atoms with Crippen molar-refractivity contribution >= 4 is 17.3 Å². The summed E-state index contributed by atoms with van der Waals surface area (Å²) in [7, 11) is 1.58. The number of carboxylic acids is 1. The minimum Gasteiger partial charge on any atom is -0.497 e. The monoisotopic (exact) mass is 235 g/mol. The molecule has 0 aromatic carbocycles. The van der Waals surface area contributed by atoms with Crippen LogP contribution < -0.4 is 4.74 Å². The maximum atomic E-state index is 10.7. The largest absolute Gasteiger partial charge is 0.497 e. The molecule has 0 aliphatic carbocycles. The first-order chi connectivity index (χ1) is 7.70. The molecule has 0 radical (unpaired) electrons. The van der Waals surface area contributed by atoms with E-state index in [1.54, 1.807) is 36.9 Å². The van der Waals surface area contributed by atoms with Crippen LogP contribution in [-0.2, 0) is 0 Å². The first-order valence-corrected chi connectivity index (χ1v) is 5.41. The van der Waals surface area contributed by atoms with Gasteiger partial charge in [-0.1, -0.05) is 0 Å². The second kappa shape index (κ2) is 4.32. The van der Waals surface area contributed by atoms with Gasteiger partial charge in [-0.05, 0) is 12.1 Å². The van der Waals surface area contributed by atoms with Crippen molar-refractivity contribution in [2.45, 2.75) is 0 Å². The molecule has 0 spiro atoms. The van der Waals surface area contributed by atoms with Gasteiger partial charge in [-0.2, -0.15) is 0 Å². The highest BCUT2D eigenvalue weighted by molar-refractivity contribution is 7.12. The number of aromatic carboxylic acids is 1. The van der Waals surface area contributed by atoms with Crippen LogP contribution in [0, 0.1) is 0 Å². The summed E-state index contributed by atoms with van der Waals surface area (Å²) in [5, 5.41) is 10.6. The third-order valence-corrected chi connectivity index (χ3v) is 2.99. The van der Waals surface area contributed by atoms with Crippen LogP contribution in [0.4, 0.5) is 0 Å². The highest BCUT2D eigenvalue weighted by Gasteiger charge is 2.09. The standard InChI is InChI=1S/C11H9NO3S/c1-15-8-2-3-12-9(5-8)7-4-10(11(13)14)16-6-7/h2-6H,1H3,(H,13,14). The molecular formula is C11H9NO3S. The number of methoxy groups -OCH3 is 1. The average Bonchev–Trinajstić information content (AvgIpc) is 2.78. The molecule has 0 atom stereocenters. The summed E-state index contributed by atoms with van der Waals surface area (Å²) in [4.78, 5) is 15.2. The van der Waals surface area contributed by atoms with Gasteiger partial charge in [0.15, 0.2) is 0 Å². The van der Waals surface area contributed by atoms with Gasteiger partial charge in [-0.25, -0.2) is 4.79 Å². The van der Waals surface area contributed by atoms with Crippen molar-refractivity contribution in [3.8, 4) is 17.0 Å². The second-order valence-corrected chi connectivity index (χ2v) is 4.00. The fourth-order valence-corrected chi connectivity index (χ4v) is 2.02.